The number of benzene rings is 1. The first-order valence-corrected chi connectivity index (χ1v) is 5.53. The molecule has 0 amide bonds. The standard InChI is InChI=1S/C12H15FN2O/c1-2-14-10-6-3-4-7-11(10)15(12(14)16)9-5-8-13/h3-4,6-7H,2,5,8-9H2,1H3. The van der Waals surface area contributed by atoms with Crippen LogP contribution in [0.5, 0.6) is 0 Å². The molecular weight excluding hydrogens is 207 g/mol. The van der Waals surface area contributed by atoms with E-state index >= 15 is 0 Å². The van der Waals surface area contributed by atoms with Crippen LogP contribution in [0.4, 0.5) is 4.39 Å². The molecule has 0 N–H and O–H groups in total. The van der Waals surface area contributed by atoms with Crippen molar-refractivity contribution >= 4 is 11.0 Å². The van der Waals surface area contributed by atoms with Crippen LogP contribution in [0, 0.1) is 0 Å². The Morgan fingerprint density at radius 1 is 1.19 bits per heavy atom. The van der Waals surface area contributed by atoms with E-state index in [1.54, 1.807) is 9.13 Å². The van der Waals surface area contributed by atoms with Gasteiger partial charge in [-0.3, -0.25) is 13.5 Å². The Morgan fingerprint density at radius 2 is 1.81 bits per heavy atom. The summed E-state index contributed by atoms with van der Waals surface area (Å²) < 4.78 is 15.5. The van der Waals surface area contributed by atoms with Crippen molar-refractivity contribution < 1.29 is 4.39 Å². The van der Waals surface area contributed by atoms with Crippen LogP contribution in [-0.4, -0.2) is 15.8 Å². The third kappa shape index (κ3) is 1.64. The number of para-hydroxylation sites is 2. The molecule has 16 heavy (non-hydrogen) atoms. The first-order valence-electron chi connectivity index (χ1n) is 5.53. The second-order valence-electron chi connectivity index (χ2n) is 3.71. The Balaban J connectivity index is 2.63. The van der Waals surface area contributed by atoms with E-state index in [1.807, 2.05) is 31.2 Å². The van der Waals surface area contributed by atoms with Gasteiger partial charge in [0.05, 0.1) is 17.7 Å². The molecule has 2 rings (SSSR count). The molecule has 3 nitrogen and oxygen atoms in total. The highest BCUT2D eigenvalue weighted by molar-refractivity contribution is 5.75. The van der Waals surface area contributed by atoms with Crippen molar-refractivity contribution in [3.8, 4) is 0 Å². The summed E-state index contributed by atoms with van der Waals surface area (Å²) in [5.74, 6) is 0. The summed E-state index contributed by atoms with van der Waals surface area (Å²) in [5.41, 5.74) is 1.77. The van der Waals surface area contributed by atoms with Crippen molar-refractivity contribution in [2.45, 2.75) is 26.4 Å². The fourth-order valence-corrected chi connectivity index (χ4v) is 2.01. The molecule has 0 aliphatic carbocycles. The van der Waals surface area contributed by atoms with E-state index in [4.69, 9.17) is 0 Å². The molecule has 0 bridgehead atoms. The maximum atomic E-state index is 12.2. The maximum absolute atomic E-state index is 12.2. The van der Waals surface area contributed by atoms with E-state index in [0.29, 0.717) is 19.5 Å². The Bertz CT molecular complexity index is 541. The zero-order valence-electron chi connectivity index (χ0n) is 9.32. The minimum atomic E-state index is -0.391. The number of rotatable bonds is 4. The van der Waals surface area contributed by atoms with Gasteiger partial charge in [-0.05, 0) is 25.5 Å². The summed E-state index contributed by atoms with van der Waals surface area (Å²) in [4.78, 5) is 12.0. The van der Waals surface area contributed by atoms with Crippen LogP contribution < -0.4 is 5.69 Å². The van der Waals surface area contributed by atoms with E-state index in [9.17, 15) is 9.18 Å². The quantitative estimate of drug-likeness (QED) is 0.779. The summed E-state index contributed by atoms with van der Waals surface area (Å²) in [6.07, 6.45) is 0.387. The molecule has 4 heteroatoms. The zero-order valence-corrected chi connectivity index (χ0v) is 9.32. The molecule has 86 valence electrons. The smallest absolute Gasteiger partial charge is 0.292 e. The van der Waals surface area contributed by atoms with Crippen molar-refractivity contribution in [2.75, 3.05) is 6.67 Å². The lowest BCUT2D eigenvalue weighted by atomic mass is 10.3. The van der Waals surface area contributed by atoms with Crippen molar-refractivity contribution in [3.63, 3.8) is 0 Å². The van der Waals surface area contributed by atoms with Crippen LogP contribution in [0.15, 0.2) is 29.1 Å². The number of alkyl halides is 1. The number of nitrogens with zero attached hydrogens (tertiary/aromatic N) is 2. The second-order valence-corrected chi connectivity index (χ2v) is 3.71. The molecule has 0 saturated carbocycles. The Labute approximate surface area is 93.1 Å². The number of hydrogen-bond donors (Lipinski definition) is 0. The lowest BCUT2D eigenvalue weighted by Crippen LogP contribution is -2.24. The van der Waals surface area contributed by atoms with Crippen LogP contribution in [0.1, 0.15) is 13.3 Å². The van der Waals surface area contributed by atoms with Crippen LogP contribution >= 0.6 is 0 Å². The number of hydrogen-bond acceptors (Lipinski definition) is 1. The van der Waals surface area contributed by atoms with E-state index in [2.05, 4.69) is 0 Å². The summed E-state index contributed by atoms with van der Waals surface area (Å²) in [6, 6.07) is 7.63. The number of halogens is 1. The number of imidazole rings is 1. The molecule has 1 aromatic carbocycles. The monoisotopic (exact) mass is 222 g/mol. The van der Waals surface area contributed by atoms with E-state index in [-0.39, 0.29) is 5.69 Å². The lowest BCUT2D eigenvalue weighted by Gasteiger charge is -1.99. The molecule has 0 radical (unpaired) electrons. The van der Waals surface area contributed by atoms with Gasteiger partial charge in [-0.15, -0.1) is 0 Å². The van der Waals surface area contributed by atoms with Gasteiger partial charge < -0.3 is 0 Å². The normalized spacial score (nSPS) is 11.1. The van der Waals surface area contributed by atoms with Gasteiger partial charge in [0.15, 0.2) is 0 Å². The van der Waals surface area contributed by atoms with Gasteiger partial charge in [-0.1, -0.05) is 12.1 Å². The molecule has 0 saturated heterocycles. The molecule has 0 unspecified atom stereocenters. The van der Waals surface area contributed by atoms with Gasteiger partial charge in [0.1, 0.15) is 0 Å². The molecule has 1 aromatic heterocycles. The number of aromatic nitrogens is 2. The summed E-state index contributed by atoms with van der Waals surface area (Å²) in [5, 5.41) is 0. The first-order chi connectivity index (χ1) is 7.79. The third-order valence-electron chi connectivity index (χ3n) is 2.76. The topological polar surface area (TPSA) is 26.9 Å². The molecular formula is C12H15FN2O. The minimum absolute atomic E-state index is 0.0443. The molecule has 0 aliphatic rings. The van der Waals surface area contributed by atoms with Crippen LogP contribution in [-0.2, 0) is 13.1 Å². The van der Waals surface area contributed by atoms with Crippen molar-refractivity contribution in [2.24, 2.45) is 0 Å². The number of aryl methyl sites for hydroxylation is 2. The van der Waals surface area contributed by atoms with Crippen LogP contribution in [0.2, 0.25) is 0 Å². The van der Waals surface area contributed by atoms with Crippen molar-refractivity contribution in [1.82, 2.24) is 9.13 Å². The van der Waals surface area contributed by atoms with Crippen molar-refractivity contribution in [1.29, 1.82) is 0 Å². The van der Waals surface area contributed by atoms with E-state index in [0.717, 1.165) is 11.0 Å². The average molecular weight is 222 g/mol. The highest BCUT2D eigenvalue weighted by atomic mass is 19.1. The van der Waals surface area contributed by atoms with Gasteiger partial charge in [0.25, 0.3) is 0 Å². The molecule has 0 atom stereocenters. The van der Waals surface area contributed by atoms with Gasteiger partial charge in [0, 0.05) is 13.1 Å². The Hall–Kier alpha value is -1.58. The summed E-state index contributed by atoms with van der Waals surface area (Å²) in [7, 11) is 0. The van der Waals surface area contributed by atoms with Gasteiger partial charge >= 0.3 is 5.69 Å². The Kier molecular flexibility index (Phi) is 3.08. The SMILES string of the molecule is CCn1c(=O)n(CCCF)c2ccccc21. The average Bonchev–Trinajstić information content (AvgIpc) is 2.58. The zero-order chi connectivity index (χ0) is 11.5. The van der Waals surface area contributed by atoms with E-state index < -0.39 is 6.67 Å². The largest absolute Gasteiger partial charge is 0.329 e. The van der Waals surface area contributed by atoms with Crippen molar-refractivity contribution in [3.05, 3.63) is 34.7 Å². The molecule has 0 fully saturated rings. The van der Waals surface area contributed by atoms with Crippen LogP contribution in [0.25, 0.3) is 11.0 Å². The molecule has 2 aromatic rings. The predicted octanol–water partition coefficient (Wildman–Crippen LogP) is 2.18. The minimum Gasteiger partial charge on any atom is -0.292 e. The highest BCUT2D eigenvalue weighted by Gasteiger charge is 2.10. The fraction of sp³-hybridized carbons (Fsp3) is 0.417. The van der Waals surface area contributed by atoms with Gasteiger partial charge in [0.2, 0.25) is 0 Å². The van der Waals surface area contributed by atoms with Gasteiger partial charge in [-0.25, -0.2) is 4.79 Å². The molecule has 0 aliphatic heterocycles. The fourth-order valence-electron chi connectivity index (χ4n) is 2.01. The lowest BCUT2D eigenvalue weighted by molar-refractivity contribution is 0.445. The van der Waals surface area contributed by atoms with Gasteiger partial charge in [-0.2, -0.15) is 0 Å². The summed E-state index contributed by atoms with van der Waals surface area (Å²) >= 11 is 0. The van der Waals surface area contributed by atoms with Crippen LogP contribution in [0.3, 0.4) is 0 Å². The molecule has 0 spiro atoms. The molecule has 1 heterocycles. The maximum Gasteiger partial charge on any atom is 0.329 e. The predicted molar refractivity (Wildman–Crippen MR) is 62.5 cm³/mol. The first kappa shape index (κ1) is 10.9. The second kappa shape index (κ2) is 4.51. The summed E-state index contributed by atoms with van der Waals surface area (Å²) in [6.45, 7) is 2.64. The van der Waals surface area contributed by atoms with E-state index in [1.165, 1.54) is 0 Å². The third-order valence-corrected chi connectivity index (χ3v) is 2.76. The number of fused-ring (bicyclic) bond motifs is 1. The Morgan fingerprint density at radius 3 is 2.38 bits per heavy atom. The highest BCUT2D eigenvalue weighted by Crippen LogP contribution is 2.12.